The number of hydrogen-bond acceptors (Lipinski definition) is 3. The maximum atomic E-state index is 12.3. The molecule has 0 spiro atoms. The summed E-state index contributed by atoms with van der Waals surface area (Å²) in [7, 11) is 0. The first-order valence-electron chi connectivity index (χ1n) is 6.13. The van der Waals surface area contributed by atoms with E-state index in [0.717, 1.165) is 15.7 Å². The number of nitrogens with two attached hydrogens (primary N) is 1. The zero-order valence-corrected chi connectivity index (χ0v) is 13.0. The van der Waals surface area contributed by atoms with Crippen molar-refractivity contribution in [2.45, 2.75) is 5.37 Å². The minimum Gasteiger partial charge on any atom is -0.610 e. The Bertz CT molecular complexity index is 662. The van der Waals surface area contributed by atoms with E-state index < -0.39 is 11.2 Å². The maximum absolute atomic E-state index is 12.3. The Morgan fingerprint density at radius 1 is 1.15 bits per heavy atom. The smallest absolute Gasteiger partial charge is 0.223 e. The molecule has 3 nitrogen and oxygen atoms in total. The van der Waals surface area contributed by atoms with Gasteiger partial charge < -0.3 is 10.3 Å². The van der Waals surface area contributed by atoms with Crippen molar-refractivity contribution in [2.24, 2.45) is 0 Å². The number of rotatable bonds is 2. The normalized spacial score (nSPS) is 21.4. The lowest BCUT2D eigenvalue weighted by molar-refractivity contribution is 0.594. The van der Waals surface area contributed by atoms with Crippen LogP contribution in [0.3, 0.4) is 0 Å². The van der Waals surface area contributed by atoms with Gasteiger partial charge in [-0.15, -0.1) is 0 Å². The lowest BCUT2D eigenvalue weighted by Gasteiger charge is -2.26. The van der Waals surface area contributed by atoms with Crippen LogP contribution in [-0.2, 0) is 11.2 Å². The van der Waals surface area contributed by atoms with Crippen LogP contribution in [-0.4, -0.2) is 4.55 Å². The maximum Gasteiger partial charge on any atom is 0.223 e. The van der Waals surface area contributed by atoms with Crippen LogP contribution in [0.5, 0.6) is 0 Å². The minimum absolute atomic E-state index is 0.239. The molecule has 102 valence electrons. The molecular formula is C15H13BrN2OS. The Hall–Kier alpha value is -1.43. The highest BCUT2D eigenvalue weighted by Gasteiger charge is 2.35. The van der Waals surface area contributed by atoms with Crippen LogP contribution in [0.4, 0.5) is 11.4 Å². The highest BCUT2D eigenvalue weighted by atomic mass is 79.9. The lowest BCUT2D eigenvalue weighted by atomic mass is 10.2. The van der Waals surface area contributed by atoms with Gasteiger partial charge in [0.2, 0.25) is 5.37 Å². The topological polar surface area (TPSA) is 52.3 Å². The summed E-state index contributed by atoms with van der Waals surface area (Å²) in [6.07, 6.45) is 1.84. The van der Waals surface area contributed by atoms with Crippen molar-refractivity contribution in [1.82, 2.24) is 0 Å². The van der Waals surface area contributed by atoms with E-state index in [1.54, 1.807) is 5.41 Å². The molecule has 0 radical (unpaired) electrons. The van der Waals surface area contributed by atoms with E-state index in [4.69, 9.17) is 5.73 Å². The number of benzene rings is 2. The van der Waals surface area contributed by atoms with Gasteiger partial charge in [-0.05, 0) is 24.3 Å². The molecule has 2 unspecified atom stereocenters. The molecule has 2 atom stereocenters. The lowest BCUT2D eigenvalue weighted by Crippen LogP contribution is -2.24. The number of nitrogen functional groups attached to an aromatic ring is 1. The SMILES string of the molecule is Nc1ccccc1N1C=C[S+]([O-])C1c1cccc(Br)c1. The molecule has 1 aliphatic rings. The summed E-state index contributed by atoms with van der Waals surface area (Å²) in [5.41, 5.74) is 8.58. The minimum atomic E-state index is -1.09. The molecule has 0 aliphatic carbocycles. The zero-order valence-electron chi connectivity index (χ0n) is 10.6. The van der Waals surface area contributed by atoms with E-state index in [1.807, 2.05) is 59.6 Å². The van der Waals surface area contributed by atoms with Crippen LogP contribution < -0.4 is 10.6 Å². The van der Waals surface area contributed by atoms with Gasteiger partial charge in [-0.2, -0.15) is 0 Å². The Morgan fingerprint density at radius 2 is 1.95 bits per heavy atom. The van der Waals surface area contributed by atoms with E-state index in [1.165, 1.54) is 0 Å². The predicted octanol–water partition coefficient (Wildman–Crippen LogP) is 3.77. The molecule has 2 aromatic rings. The average Bonchev–Trinajstić information content (AvgIpc) is 2.81. The van der Waals surface area contributed by atoms with Crippen molar-refractivity contribution in [2.75, 3.05) is 10.6 Å². The van der Waals surface area contributed by atoms with Gasteiger partial charge in [0.25, 0.3) is 0 Å². The molecular weight excluding hydrogens is 336 g/mol. The van der Waals surface area contributed by atoms with Gasteiger partial charge >= 0.3 is 0 Å². The number of hydrogen-bond donors (Lipinski definition) is 1. The second kappa shape index (κ2) is 5.52. The molecule has 1 aliphatic heterocycles. The molecule has 5 heteroatoms. The predicted molar refractivity (Wildman–Crippen MR) is 87.5 cm³/mol. The standard InChI is InChI=1S/C15H13BrN2OS/c16-12-5-3-4-11(10-12)15-18(8-9-20(15)19)14-7-2-1-6-13(14)17/h1-10,15H,17H2. The summed E-state index contributed by atoms with van der Waals surface area (Å²) in [4.78, 5) is 1.97. The second-order valence-corrected chi connectivity index (χ2v) is 6.78. The molecule has 20 heavy (non-hydrogen) atoms. The van der Waals surface area contributed by atoms with Gasteiger partial charge in [-0.1, -0.05) is 40.2 Å². The summed E-state index contributed by atoms with van der Waals surface area (Å²) in [5.74, 6) is 0. The fraction of sp³-hybridized carbons (Fsp3) is 0.0667. The fourth-order valence-corrected chi connectivity index (χ4v) is 3.91. The van der Waals surface area contributed by atoms with E-state index in [-0.39, 0.29) is 5.37 Å². The molecule has 0 saturated carbocycles. The number of para-hydroxylation sites is 2. The van der Waals surface area contributed by atoms with E-state index in [0.29, 0.717) is 5.69 Å². The molecule has 3 rings (SSSR count). The summed E-state index contributed by atoms with van der Waals surface area (Å²) >= 11 is 2.37. The first kappa shape index (κ1) is 13.5. The molecule has 0 bridgehead atoms. The number of anilines is 2. The van der Waals surface area contributed by atoms with Gasteiger partial charge in [0, 0.05) is 21.2 Å². The highest BCUT2D eigenvalue weighted by molar-refractivity contribution is 9.10. The van der Waals surface area contributed by atoms with Crippen LogP contribution >= 0.6 is 15.9 Å². The van der Waals surface area contributed by atoms with Gasteiger partial charge in [0.15, 0.2) is 0 Å². The largest absolute Gasteiger partial charge is 0.610 e. The monoisotopic (exact) mass is 348 g/mol. The Balaban J connectivity index is 2.03. The number of halogens is 1. The van der Waals surface area contributed by atoms with Crippen LogP contribution in [0.1, 0.15) is 10.9 Å². The third-order valence-corrected chi connectivity index (χ3v) is 5.00. The first-order valence-corrected chi connectivity index (χ1v) is 8.20. The van der Waals surface area contributed by atoms with E-state index in [9.17, 15) is 4.55 Å². The van der Waals surface area contributed by atoms with Crippen LogP contribution in [0.2, 0.25) is 0 Å². The van der Waals surface area contributed by atoms with E-state index in [2.05, 4.69) is 15.9 Å². The second-order valence-electron chi connectivity index (χ2n) is 4.49. The van der Waals surface area contributed by atoms with Crippen LogP contribution in [0.15, 0.2) is 64.6 Å². The molecule has 2 N–H and O–H groups in total. The quantitative estimate of drug-likeness (QED) is 0.663. The van der Waals surface area contributed by atoms with Crippen molar-refractivity contribution in [3.05, 3.63) is 70.2 Å². The Morgan fingerprint density at radius 3 is 2.70 bits per heavy atom. The van der Waals surface area contributed by atoms with Crippen molar-refractivity contribution < 1.29 is 4.55 Å². The molecule has 0 amide bonds. The summed E-state index contributed by atoms with van der Waals surface area (Å²) in [6.45, 7) is 0. The average molecular weight is 349 g/mol. The molecule has 0 aromatic heterocycles. The molecule has 1 heterocycles. The summed E-state index contributed by atoms with van der Waals surface area (Å²) in [6, 6.07) is 15.5. The Labute approximate surface area is 129 Å². The fourth-order valence-electron chi connectivity index (χ4n) is 2.27. The van der Waals surface area contributed by atoms with Crippen molar-refractivity contribution in [1.29, 1.82) is 0 Å². The first-order chi connectivity index (χ1) is 9.66. The highest BCUT2D eigenvalue weighted by Crippen LogP contribution is 2.40. The van der Waals surface area contributed by atoms with Crippen molar-refractivity contribution >= 4 is 38.5 Å². The van der Waals surface area contributed by atoms with Gasteiger partial charge in [-0.3, -0.25) is 4.90 Å². The van der Waals surface area contributed by atoms with Crippen molar-refractivity contribution in [3.63, 3.8) is 0 Å². The molecule has 0 saturated heterocycles. The summed E-state index contributed by atoms with van der Waals surface area (Å²) < 4.78 is 13.3. The molecule has 2 aromatic carbocycles. The van der Waals surface area contributed by atoms with E-state index >= 15 is 0 Å². The van der Waals surface area contributed by atoms with Crippen LogP contribution in [0.25, 0.3) is 0 Å². The third kappa shape index (κ3) is 2.44. The van der Waals surface area contributed by atoms with Gasteiger partial charge in [0.1, 0.15) is 5.41 Å². The zero-order chi connectivity index (χ0) is 14.1. The summed E-state index contributed by atoms with van der Waals surface area (Å²) in [5, 5.41) is 1.47. The van der Waals surface area contributed by atoms with Crippen LogP contribution in [0, 0.1) is 0 Å². The van der Waals surface area contributed by atoms with Gasteiger partial charge in [-0.25, -0.2) is 0 Å². The molecule has 0 fully saturated rings. The van der Waals surface area contributed by atoms with Crippen molar-refractivity contribution in [3.8, 4) is 0 Å². The Kier molecular flexibility index (Phi) is 3.74. The third-order valence-electron chi connectivity index (χ3n) is 3.18. The number of nitrogens with zero attached hydrogens (tertiary/aromatic N) is 1. The van der Waals surface area contributed by atoms with Gasteiger partial charge in [0.05, 0.1) is 17.6 Å².